The third-order valence-electron chi connectivity index (χ3n) is 5.51. The molecule has 3 heterocycles. The Morgan fingerprint density at radius 2 is 2.14 bits per heavy atom. The lowest BCUT2D eigenvalue weighted by molar-refractivity contribution is -0.118. The summed E-state index contributed by atoms with van der Waals surface area (Å²) in [6, 6.07) is 4.35. The molecule has 0 amide bonds. The van der Waals surface area contributed by atoms with Gasteiger partial charge in [-0.15, -0.1) is 11.3 Å². The Labute approximate surface area is 167 Å². The van der Waals surface area contributed by atoms with Gasteiger partial charge in [-0.25, -0.2) is 5.10 Å². The van der Waals surface area contributed by atoms with Crippen LogP contribution in [0, 0.1) is 41.9 Å². The van der Waals surface area contributed by atoms with Gasteiger partial charge in [0.25, 0.3) is 0 Å². The number of nitrogens with zero attached hydrogens (tertiary/aromatic N) is 4. The summed E-state index contributed by atoms with van der Waals surface area (Å²) in [5, 5.41) is 25.5. The number of ketones is 1. The fourth-order valence-electron chi connectivity index (χ4n) is 4.44. The molecule has 1 aliphatic heterocycles. The maximum Gasteiger partial charge on any atom is 0.231 e. The second kappa shape index (κ2) is 6.38. The van der Waals surface area contributed by atoms with Crippen molar-refractivity contribution in [1.82, 2.24) is 15.2 Å². The van der Waals surface area contributed by atoms with Gasteiger partial charge in [-0.2, -0.15) is 15.3 Å². The number of H-pyrrole nitrogens is 1. The first-order valence-corrected chi connectivity index (χ1v) is 10.0. The molecular formula is C20H22N6OS. The minimum Gasteiger partial charge on any atom is -0.294 e. The zero-order chi connectivity index (χ0) is 20.2. The van der Waals surface area contributed by atoms with E-state index in [1.165, 1.54) is 6.33 Å². The Bertz CT molecular complexity index is 1040. The predicted molar refractivity (Wildman–Crippen MR) is 107 cm³/mol. The van der Waals surface area contributed by atoms with E-state index in [9.17, 15) is 10.1 Å². The molecule has 2 aliphatic rings. The van der Waals surface area contributed by atoms with E-state index >= 15 is 0 Å². The van der Waals surface area contributed by atoms with Crippen molar-refractivity contribution in [2.45, 2.75) is 46.5 Å². The fourth-order valence-corrected chi connectivity index (χ4v) is 5.41. The van der Waals surface area contributed by atoms with E-state index in [-0.39, 0.29) is 17.0 Å². The number of anilines is 1. The first kappa shape index (κ1) is 18.6. The molecule has 0 aromatic carbocycles. The Morgan fingerprint density at radius 1 is 1.39 bits per heavy atom. The average molecular weight is 395 g/mol. The summed E-state index contributed by atoms with van der Waals surface area (Å²) in [6.07, 6.45) is 2.44. The topological polar surface area (TPSA) is 110 Å². The van der Waals surface area contributed by atoms with Crippen molar-refractivity contribution in [2.75, 3.05) is 4.90 Å². The molecule has 2 aromatic rings. The minimum absolute atomic E-state index is 0.0526. The highest BCUT2D eigenvalue weighted by molar-refractivity contribution is 7.12. The highest BCUT2D eigenvalue weighted by atomic mass is 32.1. The van der Waals surface area contributed by atoms with Crippen LogP contribution in [0.5, 0.6) is 0 Å². The first-order valence-electron chi connectivity index (χ1n) is 9.20. The van der Waals surface area contributed by atoms with E-state index in [0.717, 1.165) is 21.0 Å². The molecule has 0 fully saturated rings. The maximum atomic E-state index is 13.3. The van der Waals surface area contributed by atoms with Gasteiger partial charge in [-0.3, -0.25) is 15.1 Å². The van der Waals surface area contributed by atoms with Gasteiger partial charge in [0.1, 0.15) is 18.1 Å². The van der Waals surface area contributed by atoms with Crippen LogP contribution in [0.3, 0.4) is 0 Å². The SMILES string of the molecule is Cc1cc(C2C3=C(CC(C)(C)CC3=O)N(c3ncn[nH]3)C(=N)C2C#N)c(C)s1. The number of hydrogen-bond donors (Lipinski definition) is 2. The van der Waals surface area contributed by atoms with Gasteiger partial charge in [0, 0.05) is 33.4 Å². The van der Waals surface area contributed by atoms with Crippen molar-refractivity contribution in [3.05, 3.63) is 39.0 Å². The van der Waals surface area contributed by atoms with Crippen LogP contribution in [-0.4, -0.2) is 26.8 Å². The van der Waals surface area contributed by atoms with Gasteiger partial charge < -0.3 is 0 Å². The van der Waals surface area contributed by atoms with Gasteiger partial charge in [0.2, 0.25) is 5.95 Å². The minimum atomic E-state index is -0.762. The van der Waals surface area contributed by atoms with Crippen LogP contribution in [-0.2, 0) is 4.79 Å². The molecule has 0 spiro atoms. The molecule has 28 heavy (non-hydrogen) atoms. The van der Waals surface area contributed by atoms with E-state index < -0.39 is 11.8 Å². The van der Waals surface area contributed by atoms with Crippen LogP contribution < -0.4 is 4.90 Å². The van der Waals surface area contributed by atoms with Crippen LogP contribution in [0.15, 0.2) is 23.7 Å². The molecule has 0 radical (unpaired) electrons. The molecule has 0 saturated carbocycles. The van der Waals surface area contributed by atoms with Crippen LogP contribution >= 0.6 is 11.3 Å². The van der Waals surface area contributed by atoms with Gasteiger partial charge in [-0.05, 0) is 37.3 Å². The summed E-state index contributed by atoms with van der Waals surface area (Å²) in [4.78, 5) is 21.4. The van der Waals surface area contributed by atoms with Crippen molar-refractivity contribution < 1.29 is 4.79 Å². The number of aromatic amines is 1. The normalized spacial score (nSPS) is 24.3. The Morgan fingerprint density at radius 3 is 2.71 bits per heavy atom. The number of carbonyl (C=O) groups is 1. The van der Waals surface area contributed by atoms with Crippen molar-refractivity contribution in [2.24, 2.45) is 11.3 Å². The molecule has 2 N–H and O–H groups in total. The van der Waals surface area contributed by atoms with E-state index in [1.54, 1.807) is 16.2 Å². The summed E-state index contributed by atoms with van der Waals surface area (Å²) in [5.41, 5.74) is 2.18. The predicted octanol–water partition coefficient (Wildman–Crippen LogP) is 3.85. The molecule has 2 unspecified atom stereocenters. The summed E-state index contributed by atoms with van der Waals surface area (Å²) >= 11 is 1.66. The van der Waals surface area contributed by atoms with E-state index in [0.29, 0.717) is 24.4 Å². The van der Waals surface area contributed by atoms with E-state index in [2.05, 4.69) is 41.2 Å². The highest BCUT2D eigenvalue weighted by Gasteiger charge is 2.49. The van der Waals surface area contributed by atoms with E-state index in [4.69, 9.17) is 5.41 Å². The van der Waals surface area contributed by atoms with Crippen molar-refractivity contribution in [1.29, 1.82) is 10.7 Å². The van der Waals surface area contributed by atoms with Gasteiger partial charge >= 0.3 is 0 Å². The second-order valence-electron chi connectivity index (χ2n) is 8.28. The van der Waals surface area contributed by atoms with Crippen LogP contribution in [0.25, 0.3) is 0 Å². The number of aryl methyl sites for hydroxylation is 2. The van der Waals surface area contributed by atoms with Gasteiger partial charge in [-0.1, -0.05) is 13.8 Å². The van der Waals surface area contributed by atoms with Crippen molar-refractivity contribution >= 4 is 28.9 Å². The highest BCUT2D eigenvalue weighted by Crippen LogP contribution is 2.50. The standard InChI is InChI=1S/C20H22N6OS/c1-10-5-12(11(2)28-10)16-13(8-21)18(22)26(19-23-9-24-25-19)14-6-20(3,4)7-15(27)17(14)16/h5,9,13,16,22H,6-7H2,1-4H3,(H,23,24,25). The number of allylic oxidation sites excluding steroid dienone is 2. The molecule has 8 heteroatoms. The Hall–Kier alpha value is -2.79. The summed E-state index contributed by atoms with van der Waals surface area (Å²) in [7, 11) is 0. The number of amidine groups is 1. The number of carbonyl (C=O) groups excluding carboxylic acids is 1. The molecule has 0 bridgehead atoms. The quantitative estimate of drug-likeness (QED) is 0.804. The number of Topliss-reactive ketones (excluding diaryl/α,β-unsaturated/α-hetero) is 1. The van der Waals surface area contributed by atoms with Gasteiger partial charge in [0.05, 0.1) is 6.07 Å². The molecule has 2 atom stereocenters. The summed E-state index contributed by atoms with van der Waals surface area (Å²) in [5.74, 6) is -0.615. The van der Waals surface area contributed by atoms with Crippen molar-refractivity contribution in [3.8, 4) is 6.07 Å². The largest absolute Gasteiger partial charge is 0.294 e. The third kappa shape index (κ3) is 2.78. The third-order valence-corrected chi connectivity index (χ3v) is 6.50. The molecule has 2 aromatic heterocycles. The van der Waals surface area contributed by atoms with E-state index in [1.807, 2.05) is 13.8 Å². The summed E-state index contributed by atoms with van der Waals surface area (Å²) < 4.78 is 0. The number of hydrogen-bond acceptors (Lipinski definition) is 6. The first-order chi connectivity index (χ1) is 13.2. The number of rotatable bonds is 2. The summed E-state index contributed by atoms with van der Waals surface area (Å²) in [6.45, 7) is 8.16. The fraction of sp³-hybridized carbons (Fsp3) is 0.450. The Kier molecular flexibility index (Phi) is 4.23. The molecule has 7 nitrogen and oxygen atoms in total. The van der Waals surface area contributed by atoms with Crippen molar-refractivity contribution in [3.63, 3.8) is 0 Å². The molecule has 4 rings (SSSR count). The monoisotopic (exact) mass is 394 g/mol. The molecule has 144 valence electrons. The maximum absolute atomic E-state index is 13.3. The number of nitriles is 1. The lowest BCUT2D eigenvalue weighted by atomic mass is 9.66. The van der Waals surface area contributed by atoms with Crippen LogP contribution in [0.2, 0.25) is 0 Å². The number of nitrogens with one attached hydrogen (secondary N) is 2. The zero-order valence-corrected chi connectivity index (χ0v) is 17.1. The Balaban J connectivity index is 2.00. The van der Waals surface area contributed by atoms with Gasteiger partial charge in [0.15, 0.2) is 5.78 Å². The zero-order valence-electron chi connectivity index (χ0n) is 16.3. The van der Waals surface area contributed by atoms with Crippen LogP contribution in [0.1, 0.15) is 47.9 Å². The second-order valence-corrected chi connectivity index (χ2v) is 9.74. The number of aromatic nitrogens is 3. The smallest absolute Gasteiger partial charge is 0.231 e. The number of thiophene rings is 1. The van der Waals surface area contributed by atoms with Crippen LogP contribution in [0.4, 0.5) is 5.95 Å². The average Bonchev–Trinajstić information content (AvgIpc) is 3.22. The molecule has 0 saturated heterocycles. The lowest BCUT2D eigenvalue weighted by Crippen LogP contribution is -2.48. The molecular weight excluding hydrogens is 372 g/mol. The lowest BCUT2D eigenvalue weighted by Gasteiger charge is -2.44. The molecule has 1 aliphatic carbocycles.